The van der Waals surface area contributed by atoms with E-state index in [1.54, 1.807) is 4.90 Å². The molecule has 19 heavy (non-hydrogen) atoms. The lowest BCUT2D eigenvalue weighted by molar-refractivity contribution is -0.138. The van der Waals surface area contributed by atoms with E-state index in [9.17, 15) is 4.79 Å². The van der Waals surface area contributed by atoms with Crippen LogP contribution in [-0.4, -0.2) is 34.2 Å². The van der Waals surface area contributed by atoms with Gasteiger partial charge in [-0.25, -0.2) is 0 Å². The third-order valence-corrected chi connectivity index (χ3v) is 2.81. The lowest BCUT2D eigenvalue weighted by atomic mass is 10.1. The number of carboxylic acids is 1. The number of aromatic nitrogens is 1. The Morgan fingerprint density at radius 1 is 1.37 bits per heavy atom. The van der Waals surface area contributed by atoms with Crippen LogP contribution < -0.4 is 0 Å². The summed E-state index contributed by atoms with van der Waals surface area (Å²) in [5.74, 6) is -0.174. The van der Waals surface area contributed by atoms with Gasteiger partial charge in [0.2, 0.25) is 0 Å². The Balaban J connectivity index is 2.07. The molecule has 0 aliphatic rings. The second-order valence-electron chi connectivity index (χ2n) is 4.24. The molecule has 0 unspecified atom stereocenters. The average Bonchev–Trinajstić information content (AvgIpc) is 2.87. The van der Waals surface area contributed by atoms with Crippen LogP contribution in [0.3, 0.4) is 0 Å². The fourth-order valence-corrected chi connectivity index (χ4v) is 1.82. The van der Waals surface area contributed by atoms with Gasteiger partial charge in [-0.05, 0) is 6.54 Å². The number of nitrogens with zero attached hydrogens (tertiary/aromatic N) is 2. The van der Waals surface area contributed by atoms with E-state index in [4.69, 9.17) is 9.63 Å². The molecule has 1 aromatic heterocycles. The van der Waals surface area contributed by atoms with E-state index in [1.165, 1.54) is 0 Å². The first kappa shape index (κ1) is 13.3. The van der Waals surface area contributed by atoms with Crippen LogP contribution in [0.1, 0.15) is 12.7 Å². The summed E-state index contributed by atoms with van der Waals surface area (Å²) in [5.41, 5.74) is 1.75. The molecule has 0 saturated heterocycles. The molecule has 0 fully saturated rings. The van der Waals surface area contributed by atoms with E-state index in [1.807, 2.05) is 43.3 Å². The smallest absolute Gasteiger partial charge is 0.317 e. The Morgan fingerprint density at radius 3 is 2.74 bits per heavy atom. The topological polar surface area (TPSA) is 66.6 Å². The quantitative estimate of drug-likeness (QED) is 0.862. The van der Waals surface area contributed by atoms with Crippen LogP contribution in [-0.2, 0) is 11.3 Å². The maximum atomic E-state index is 10.7. The zero-order valence-electron chi connectivity index (χ0n) is 10.7. The Morgan fingerprint density at radius 2 is 2.11 bits per heavy atom. The van der Waals surface area contributed by atoms with E-state index in [2.05, 4.69) is 5.16 Å². The number of aliphatic carboxylic acids is 1. The Bertz CT molecular complexity index is 537. The maximum absolute atomic E-state index is 10.7. The van der Waals surface area contributed by atoms with Crippen molar-refractivity contribution in [1.82, 2.24) is 10.1 Å². The predicted molar refractivity (Wildman–Crippen MR) is 70.5 cm³/mol. The van der Waals surface area contributed by atoms with Crippen LogP contribution in [0.4, 0.5) is 0 Å². The summed E-state index contributed by atoms with van der Waals surface area (Å²) < 4.78 is 5.25. The average molecular weight is 260 g/mol. The minimum absolute atomic E-state index is 0.00211. The summed E-state index contributed by atoms with van der Waals surface area (Å²) >= 11 is 0. The molecule has 1 N–H and O–H groups in total. The van der Waals surface area contributed by atoms with Gasteiger partial charge in [0.05, 0.1) is 13.1 Å². The first-order chi connectivity index (χ1) is 9.19. The molecule has 2 aromatic rings. The van der Waals surface area contributed by atoms with Crippen molar-refractivity contribution >= 4 is 5.97 Å². The summed E-state index contributed by atoms with van der Waals surface area (Å²) in [5, 5.41) is 12.8. The summed E-state index contributed by atoms with van der Waals surface area (Å²) in [6.45, 7) is 3.01. The molecular formula is C14H16N2O3. The van der Waals surface area contributed by atoms with Crippen molar-refractivity contribution in [2.75, 3.05) is 13.1 Å². The van der Waals surface area contributed by atoms with Gasteiger partial charge in [-0.2, -0.15) is 0 Å². The minimum atomic E-state index is -0.843. The van der Waals surface area contributed by atoms with Gasteiger partial charge in [0.15, 0.2) is 5.76 Å². The standard InChI is InChI=1S/C14H16N2O3/c1-2-16(10-14(17)18)9-12-8-13(15-19-12)11-6-4-3-5-7-11/h3-8H,2,9-10H2,1H3,(H,17,18). The number of benzene rings is 1. The van der Waals surface area contributed by atoms with Crippen LogP contribution in [0.2, 0.25) is 0 Å². The van der Waals surface area contributed by atoms with Crippen LogP contribution in [0.5, 0.6) is 0 Å². The predicted octanol–water partition coefficient (Wildman–Crippen LogP) is 2.25. The van der Waals surface area contributed by atoms with Gasteiger partial charge in [-0.1, -0.05) is 42.4 Å². The number of hydrogen-bond donors (Lipinski definition) is 1. The minimum Gasteiger partial charge on any atom is -0.480 e. The number of rotatable bonds is 6. The summed E-state index contributed by atoms with van der Waals surface area (Å²) in [6, 6.07) is 11.6. The highest BCUT2D eigenvalue weighted by Gasteiger charge is 2.12. The summed E-state index contributed by atoms with van der Waals surface area (Å²) in [7, 11) is 0. The van der Waals surface area contributed by atoms with Crippen molar-refractivity contribution in [3.63, 3.8) is 0 Å². The number of hydrogen-bond acceptors (Lipinski definition) is 4. The summed E-state index contributed by atoms with van der Waals surface area (Å²) in [4.78, 5) is 12.5. The second kappa shape index (κ2) is 6.15. The van der Waals surface area contributed by atoms with E-state index >= 15 is 0 Å². The van der Waals surface area contributed by atoms with E-state index in [0.717, 1.165) is 11.3 Å². The van der Waals surface area contributed by atoms with Crippen molar-refractivity contribution in [1.29, 1.82) is 0 Å². The van der Waals surface area contributed by atoms with Gasteiger partial charge in [0.25, 0.3) is 0 Å². The fourth-order valence-electron chi connectivity index (χ4n) is 1.82. The van der Waals surface area contributed by atoms with Crippen molar-refractivity contribution < 1.29 is 14.4 Å². The molecule has 0 aliphatic carbocycles. The maximum Gasteiger partial charge on any atom is 0.317 e. The number of carbonyl (C=O) groups is 1. The third-order valence-electron chi connectivity index (χ3n) is 2.81. The van der Waals surface area contributed by atoms with E-state index in [0.29, 0.717) is 18.8 Å². The van der Waals surface area contributed by atoms with Crippen molar-refractivity contribution in [2.45, 2.75) is 13.5 Å². The van der Waals surface area contributed by atoms with Crippen LogP contribution in [0.15, 0.2) is 40.9 Å². The molecule has 5 nitrogen and oxygen atoms in total. The van der Waals surface area contributed by atoms with Crippen LogP contribution in [0.25, 0.3) is 11.3 Å². The molecule has 0 saturated carbocycles. The van der Waals surface area contributed by atoms with Crippen molar-refractivity contribution in [2.24, 2.45) is 0 Å². The molecule has 5 heteroatoms. The van der Waals surface area contributed by atoms with Crippen molar-refractivity contribution in [3.8, 4) is 11.3 Å². The zero-order valence-corrected chi connectivity index (χ0v) is 10.7. The van der Waals surface area contributed by atoms with E-state index < -0.39 is 5.97 Å². The molecule has 1 heterocycles. The highest BCUT2D eigenvalue weighted by molar-refractivity contribution is 5.69. The Kier molecular flexibility index (Phi) is 4.30. The summed E-state index contributed by atoms with van der Waals surface area (Å²) in [6.07, 6.45) is 0. The van der Waals surface area contributed by atoms with E-state index in [-0.39, 0.29) is 6.54 Å². The third kappa shape index (κ3) is 3.66. The fraction of sp³-hybridized carbons (Fsp3) is 0.286. The monoisotopic (exact) mass is 260 g/mol. The highest BCUT2D eigenvalue weighted by Crippen LogP contribution is 2.19. The number of likely N-dealkylation sites (N-methyl/N-ethyl adjacent to an activating group) is 1. The largest absolute Gasteiger partial charge is 0.480 e. The van der Waals surface area contributed by atoms with Crippen molar-refractivity contribution in [3.05, 3.63) is 42.2 Å². The molecule has 0 aliphatic heterocycles. The zero-order chi connectivity index (χ0) is 13.7. The van der Waals surface area contributed by atoms with Gasteiger partial charge < -0.3 is 9.63 Å². The lowest BCUT2D eigenvalue weighted by Crippen LogP contribution is -2.28. The molecule has 0 radical (unpaired) electrons. The molecule has 0 bridgehead atoms. The first-order valence-corrected chi connectivity index (χ1v) is 6.14. The van der Waals surface area contributed by atoms with Gasteiger partial charge in [0, 0.05) is 11.6 Å². The van der Waals surface area contributed by atoms with Crippen LogP contribution in [0, 0.1) is 0 Å². The molecule has 100 valence electrons. The van der Waals surface area contributed by atoms with Gasteiger partial charge >= 0.3 is 5.97 Å². The molecule has 0 atom stereocenters. The van der Waals surface area contributed by atoms with Gasteiger partial charge in [-0.15, -0.1) is 0 Å². The van der Waals surface area contributed by atoms with Gasteiger partial charge in [0.1, 0.15) is 5.69 Å². The molecule has 0 amide bonds. The molecule has 1 aromatic carbocycles. The molecular weight excluding hydrogens is 244 g/mol. The van der Waals surface area contributed by atoms with Gasteiger partial charge in [-0.3, -0.25) is 9.69 Å². The molecule has 0 spiro atoms. The Hall–Kier alpha value is -2.14. The van der Waals surface area contributed by atoms with Crippen LogP contribution >= 0.6 is 0 Å². The second-order valence-corrected chi connectivity index (χ2v) is 4.24. The first-order valence-electron chi connectivity index (χ1n) is 6.14. The SMILES string of the molecule is CCN(CC(=O)O)Cc1cc(-c2ccccc2)no1. The highest BCUT2D eigenvalue weighted by atomic mass is 16.5. The molecule has 2 rings (SSSR count). The lowest BCUT2D eigenvalue weighted by Gasteiger charge is -2.15. The normalized spacial score (nSPS) is 10.8. The number of carboxylic acid groups (broad SMARTS) is 1. The Labute approximate surface area is 111 Å².